The summed E-state index contributed by atoms with van der Waals surface area (Å²) in [5, 5.41) is 0. The molecule has 1 aliphatic heterocycles. The first-order valence-electron chi connectivity index (χ1n) is 4.65. The third-order valence-electron chi connectivity index (χ3n) is 2.33. The maximum atomic E-state index is 10.5. The molecule has 0 aliphatic carbocycles. The molecule has 1 fully saturated rings. The predicted molar refractivity (Wildman–Crippen MR) is 50.0 cm³/mol. The van der Waals surface area contributed by atoms with Gasteiger partial charge in [0, 0.05) is 19.0 Å². The zero-order valence-electron chi connectivity index (χ0n) is 7.70. The second kappa shape index (κ2) is 5.09. The monoisotopic (exact) mass is 167 g/mol. The topological polar surface area (TPSA) is 20.3 Å². The summed E-state index contributed by atoms with van der Waals surface area (Å²) in [5.41, 5.74) is 0. The summed E-state index contributed by atoms with van der Waals surface area (Å²) in [7, 11) is 0. The highest BCUT2D eigenvalue weighted by Gasteiger charge is 2.17. The van der Waals surface area contributed by atoms with Crippen molar-refractivity contribution >= 4 is 6.29 Å². The molecule has 12 heavy (non-hydrogen) atoms. The van der Waals surface area contributed by atoms with Gasteiger partial charge in [0.25, 0.3) is 0 Å². The lowest BCUT2D eigenvalue weighted by Gasteiger charge is -2.28. The van der Waals surface area contributed by atoms with E-state index in [4.69, 9.17) is 0 Å². The highest BCUT2D eigenvalue weighted by molar-refractivity contribution is 5.53. The van der Waals surface area contributed by atoms with Crippen molar-refractivity contribution in [3.8, 4) is 0 Å². The molecule has 0 aromatic carbocycles. The molecule has 1 atom stereocenters. The highest BCUT2D eigenvalue weighted by atomic mass is 16.1. The summed E-state index contributed by atoms with van der Waals surface area (Å²) in [4.78, 5) is 12.9. The summed E-state index contributed by atoms with van der Waals surface area (Å²) in [5.74, 6) is 0.281. The number of rotatable bonds is 3. The van der Waals surface area contributed by atoms with E-state index in [1.54, 1.807) is 0 Å². The Kier molecular flexibility index (Phi) is 4.01. The molecule has 0 bridgehead atoms. The van der Waals surface area contributed by atoms with E-state index in [2.05, 4.69) is 17.1 Å². The van der Waals surface area contributed by atoms with Crippen LogP contribution in [0.25, 0.3) is 0 Å². The van der Waals surface area contributed by atoms with Crippen molar-refractivity contribution in [3.05, 3.63) is 12.2 Å². The average molecular weight is 167 g/mol. The Hall–Kier alpha value is -0.630. The fraction of sp³-hybridized carbons (Fsp3) is 0.700. The molecule has 68 valence electrons. The second-order valence-electron chi connectivity index (χ2n) is 3.37. The minimum absolute atomic E-state index is 0.281. The first-order valence-corrected chi connectivity index (χ1v) is 4.65. The van der Waals surface area contributed by atoms with E-state index in [-0.39, 0.29) is 5.92 Å². The van der Waals surface area contributed by atoms with E-state index in [1.165, 1.54) is 6.42 Å². The van der Waals surface area contributed by atoms with Crippen molar-refractivity contribution in [2.24, 2.45) is 5.92 Å². The number of aldehydes is 1. The van der Waals surface area contributed by atoms with Crippen molar-refractivity contribution in [1.29, 1.82) is 0 Å². The smallest absolute Gasteiger partial charge is 0.124 e. The lowest BCUT2D eigenvalue weighted by atomic mass is 10.00. The second-order valence-corrected chi connectivity index (χ2v) is 3.37. The molecule has 2 heteroatoms. The van der Waals surface area contributed by atoms with Gasteiger partial charge in [-0.2, -0.15) is 0 Å². The van der Waals surface area contributed by atoms with E-state index >= 15 is 0 Å². The molecule has 1 heterocycles. The zero-order chi connectivity index (χ0) is 8.81. The number of nitrogens with zero attached hydrogens (tertiary/aromatic N) is 1. The van der Waals surface area contributed by atoms with E-state index in [1.807, 2.05) is 6.92 Å². The van der Waals surface area contributed by atoms with Gasteiger partial charge in [-0.25, -0.2) is 0 Å². The van der Waals surface area contributed by atoms with Gasteiger partial charge >= 0.3 is 0 Å². The Bertz CT molecular complexity index is 165. The van der Waals surface area contributed by atoms with Crippen LogP contribution in [0.3, 0.4) is 0 Å². The van der Waals surface area contributed by atoms with Gasteiger partial charge in [-0.05, 0) is 26.3 Å². The van der Waals surface area contributed by atoms with Gasteiger partial charge < -0.3 is 4.79 Å². The number of allylic oxidation sites excluding steroid dienone is 1. The lowest BCUT2D eigenvalue weighted by Crippen LogP contribution is -2.35. The van der Waals surface area contributed by atoms with E-state index < -0.39 is 0 Å². The quantitative estimate of drug-likeness (QED) is 0.468. The average Bonchev–Trinajstić information content (AvgIpc) is 2.15. The maximum absolute atomic E-state index is 10.5. The van der Waals surface area contributed by atoms with Gasteiger partial charge in [0.1, 0.15) is 6.29 Å². The van der Waals surface area contributed by atoms with Crippen LogP contribution in [-0.4, -0.2) is 30.8 Å². The van der Waals surface area contributed by atoms with Crippen LogP contribution < -0.4 is 0 Å². The number of hydrogen-bond donors (Lipinski definition) is 0. The molecule has 1 aliphatic rings. The molecule has 0 N–H and O–H groups in total. The molecular weight excluding hydrogens is 150 g/mol. The molecule has 0 amide bonds. The Morgan fingerprint density at radius 2 is 2.42 bits per heavy atom. The van der Waals surface area contributed by atoms with Crippen LogP contribution in [0.5, 0.6) is 0 Å². The summed E-state index contributed by atoms with van der Waals surface area (Å²) >= 11 is 0. The Morgan fingerprint density at radius 1 is 1.58 bits per heavy atom. The van der Waals surface area contributed by atoms with Crippen molar-refractivity contribution < 1.29 is 4.79 Å². The molecule has 1 unspecified atom stereocenters. The maximum Gasteiger partial charge on any atom is 0.124 e. The SMILES string of the molecule is CC=CCN1CCCC(C=O)C1. The van der Waals surface area contributed by atoms with Crippen LogP contribution in [0, 0.1) is 5.92 Å². The molecule has 0 aromatic heterocycles. The molecule has 1 rings (SSSR count). The number of carbonyl (C=O) groups excluding carboxylic acids is 1. The van der Waals surface area contributed by atoms with Gasteiger partial charge in [0.2, 0.25) is 0 Å². The number of carbonyl (C=O) groups is 1. The van der Waals surface area contributed by atoms with Crippen LogP contribution in [0.2, 0.25) is 0 Å². The normalized spacial score (nSPS) is 26.2. The molecule has 1 saturated heterocycles. The van der Waals surface area contributed by atoms with Gasteiger partial charge in [-0.15, -0.1) is 0 Å². The van der Waals surface area contributed by atoms with Crippen molar-refractivity contribution in [1.82, 2.24) is 4.90 Å². The van der Waals surface area contributed by atoms with Crippen LogP contribution in [0.15, 0.2) is 12.2 Å². The molecule has 0 spiro atoms. The Balaban J connectivity index is 2.30. The first-order chi connectivity index (χ1) is 5.86. The van der Waals surface area contributed by atoms with Gasteiger partial charge in [-0.3, -0.25) is 4.90 Å². The van der Waals surface area contributed by atoms with Gasteiger partial charge in [0.05, 0.1) is 0 Å². The fourth-order valence-corrected chi connectivity index (χ4v) is 1.62. The molecule has 0 aromatic rings. The van der Waals surface area contributed by atoms with Crippen molar-refractivity contribution in [2.45, 2.75) is 19.8 Å². The summed E-state index contributed by atoms with van der Waals surface area (Å²) in [6.07, 6.45) is 7.55. The number of hydrogen-bond acceptors (Lipinski definition) is 2. The Morgan fingerprint density at radius 3 is 3.08 bits per heavy atom. The number of piperidine rings is 1. The lowest BCUT2D eigenvalue weighted by molar-refractivity contribution is -0.112. The van der Waals surface area contributed by atoms with Gasteiger partial charge in [-0.1, -0.05) is 12.2 Å². The summed E-state index contributed by atoms with van der Waals surface area (Å²) in [6.45, 7) is 5.13. The van der Waals surface area contributed by atoms with E-state index in [9.17, 15) is 4.79 Å². The first kappa shape index (κ1) is 9.46. The summed E-state index contributed by atoms with van der Waals surface area (Å²) in [6, 6.07) is 0. The molecule has 2 nitrogen and oxygen atoms in total. The fourth-order valence-electron chi connectivity index (χ4n) is 1.62. The molecule has 0 radical (unpaired) electrons. The van der Waals surface area contributed by atoms with Crippen LogP contribution in [-0.2, 0) is 4.79 Å². The molecular formula is C10H17NO. The minimum Gasteiger partial charge on any atom is -0.303 e. The third kappa shape index (κ3) is 2.78. The van der Waals surface area contributed by atoms with Crippen LogP contribution >= 0.6 is 0 Å². The van der Waals surface area contributed by atoms with Gasteiger partial charge in [0.15, 0.2) is 0 Å². The largest absolute Gasteiger partial charge is 0.303 e. The van der Waals surface area contributed by atoms with Crippen LogP contribution in [0.1, 0.15) is 19.8 Å². The molecule has 0 saturated carbocycles. The van der Waals surface area contributed by atoms with Crippen molar-refractivity contribution in [3.63, 3.8) is 0 Å². The summed E-state index contributed by atoms with van der Waals surface area (Å²) < 4.78 is 0. The predicted octanol–water partition coefficient (Wildman–Crippen LogP) is 1.47. The van der Waals surface area contributed by atoms with Crippen molar-refractivity contribution in [2.75, 3.05) is 19.6 Å². The highest BCUT2D eigenvalue weighted by Crippen LogP contribution is 2.13. The Labute approximate surface area is 74.2 Å². The van der Waals surface area contributed by atoms with Crippen LogP contribution in [0.4, 0.5) is 0 Å². The zero-order valence-corrected chi connectivity index (χ0v) is 7.70. The number of likely N-dealkylation sites (tertiary alicyclic amines) is 1. The third-order valence-corrected chi connectivity index (χ3v) is 2.33. The minimum atomic E-state index is 0.281. The standard InChI is InChI=1S/C10H17NO/c1-2-3-6-11-7-4-5-10(8-11)9-12/h2-3,9-10H,4-8H2,1H3. The van der Waals surface area contributed by atoms with E-state index in [0.29, 0.717) is 0 Å². The van der Waals surface area contributed by atoms with E-state index in [0.717, 1.165) is 32.3 Å².